The Labute approximate surface area is 159 Å². The molecule has 0 saturated heterocycles. The second kappa shape index (κ2) is 7.91. The van der Waals surface area contributed by atoms with E-state index < -0.39 is 30.2 Å². The minimum Gasteiger partial charge on any atom is -0.494 e. The molecule has 1 unspecified atom stereocenters. The van der Waals surface area contributed by atoms with Gasteiger partial charge in [0.05, 0.1) is 13.5 Å². The molecule has 3 aromatic rings. The van der Waals surface area contributed by atoms with E-state index in [0.29, 0.717) is 21.9 Å². The van der Waals surface area contributed by atoms with Crippen LogP contribution >= 0.6 is 0 Å². The van der Waals surface area contributed by atoms with Crippen molar-refractivity contribution in [3.05, 3.63) is 54.5 Å². The molecule has 0 saturated carbocycles. The Hall–Kier alpha value is -3.68. The van der Waals surface area contributed by atoms with Gasteiger partial charge in [-0.15, -0.1) is 0 Å². The maximum absolute atomic E-state index is 14.1. The molecule has 0 aliphatic rings. The van der Waals surface area contributed by atoms with Crippen molar-refractivity contribution in [2.24, 2.45) is 0 Å². The second-order valence-electron chi connectivity index (χ2n) is 6.05. The first kappa shape index (κ1) is 19.1. The molecule has 0 aliphatic carbocycles. The zero-order valence-electron chi connectivity index (χ0n) is 14.8. The average Bonchev–Trinajstić information content (AvgIpc) is 2.67. The summed E-state index contributed by atoms with van der Waals surface area (Å²) in [6.07, 6.45) is 0.891. The number of aromatic nitrogens is 1. The zero-order chi connectivity index (χ0) is 20.3. The number of ether oxygens (including phenoxy) is 1. The standard InChI is InChI=1S/C20H17FN2O5/c1-28-17-7-6-11(8-15(17)21)14-10-22-19(13-5-3-2-4-12(13)14)23-16(20(26)27)9-18(24)25/h2-8,10,16H,9H2,1H3,(H,22,23)(H,24,25)(H,26,27). The molecule has 144 valence electrons. The highest BCUT2D eigenvalue weighted by molar-refractivity contribution is 6.02. The van der Waals surface area contributed by atoms with Crippen molar-refractivity contribution in [1.29, 1.82) is 0 Å². The van der Waals surface area contributed by atoms with Gasteiger partial charge >= 0.3 is 11.9 Å². The molecule has 1 atom stereocenters. The van der Waals surface area contributed by atoms with Crippen LogP contribution in [0, 0.1) is 5.82 Å². The van der Waals surface area contributed by atoms with Gasteiger partial charge in [0, 0.05) is 17.1 Å². The smallest absolute Gasteiger partial charge is 0.326 e. The Morgan fingerprint density at radius 2 is 1.89 bits per heavy atom. The molecule has 28 heavy (non-hydrogen) atoms. The molecule has 1 aromatic heterocycles. The maximum Gasteiger partial charge on any atom is 0.326 e. The molecule has 3 rings (SSSR count). The molecule has 7 nitrogen and oxygen atoms in total. The molecule has 2 aromatic carbocycles. The number of fused-ring (bicyclic) bond motifs is 1. The summed E-state index contributed by atoms with van der Waals surface area (Å²) in [5.41, 5.74) is 1.22. The molecular weight excluding hydrogens is 367 g/mol. The summed E-state index contributed by atoms with van der Waals surface area (Å²) in [5.74, 6) is -2.69. The van der Waals surface area contributed by atoms with Crippen molar-refractivity contribution in [2.45, 2.75) is 12.5 Å². The normalized spacial score (nSPS) is 11.8. The molecule has 0 spiro atoms. The van der Waals surface area contributed by atoms with E-state index in [2.05, 4.69) is 10.3 Å². The van der Waals surface area contributed by atoms with Crippen LogP contribution in [0.1, 0.15) is 6.42 Å². The fourth-order valence-corrected chi connectivity index (χ4v) is 2.91. The van der Waals surface area contributed by atoms with Crippen LogP contribution in [0.2, 0.25) is 0 Å². The van der Waals surface area contributed by atoms with E-state index in [9.17, 15) is 19.1 Å². The fourth-order valence-electron chi connectivity index (χ4n) is 2.91. The number of pyridine rings is 1. The fraction of sp³-hybridized carbons (Fsp3) is 0.150. The number of carboxylic acid groups (broad SMARTS) is 2. The molecule has 0 fully saturated rings. The van der Waals surface area contributed by atoms with Crippen molar-refractivity contribution in [3.63, 3.8) is 0 Å². The number of nitrogens with zero attached hydrogens (tertiary/aromatic N) is 1. The Morgan fingerprint density at radius 3 is 2.50 bits per heavy atom. The van der Waals surface area contributed by atoms with E-state index in [1.54, 1.807) is 30.3 Å². The summed E-state index contributed by atoms with van der Waals surface area (Å²) in [5, 5.41) is 22.2. The van der Waals surface area contributed by atoms with Crippen LogP contribution in [-0.2, 0) is 9.59 Å². The van der Waals surface area contributed by atoms with Gasteiger partial charge in [0.15, 0.2) is 11.6 Å². The minimum atomic E-state index is -1.34. The van der Waals surface area contributed by atoms with E-state index in [1.807, 2.05) is 0 Å². The van der Waals surface area contributed by atoms with Gasteiger partial charge in [0.25, 0.3) is 0 Å². The Kier molecular flexibility index (Phi) is 5.39. The lowest BCUT2D eigenvalue weighted by molar-refractivity contribution is -0.144. The first-order chi connectivity index (χ1) is 13.4. The third kappa shape index (κ3) is 3.85. The van der Waals surface area contributed by atoms with E-state index in [4.69, 9.17) is 9.84 Å². The summed E-state index contributed by atoms with van der Waals surface area (Å²) in [7, 11) is 1.38. The van der Waals surface area contributed by atoms with Gasteiger partial charge in [0.1, 0.15) is 11.9 Å². The highest BCUT2D eigenvalue weighted by atomic mass is 19.1. The third-order valence-electron chi connectivity index (χ3n) is 4.25. The molecule has 1 heterocycles. The van der Waals surface area contributed by atoms with Crippen molar-refractivity contribution in [3.8, 4) is 16.9 Å². The first-order valence-corrected chi connectivity index (χ1v) is 8.33. The molecule has 0 aliphatic heterocycles. The lowest BCUT2D eigenvalue weighted by Gasteiger charge is -2.16. The highest BCUT2D eigenvalue weighted by Gasteiger charge is 2.22. The monoisotopic (exact) mass is 384 g/mol. The Bertz CT molecular complexity index is 1050. The van der Waals surface area contributed by atoms with Gasteiger partial charge in [-0.05, 0) is 23.1 Å². The Morgan fingerprint density at radius 1 is 1.18 bits per heavy atom. The average molecular weight is 384 g/mol. The molecule has 3 N–H and O–H groups in total. The van der Waals surface area contributed by atoms with Gasteiger partial charge in [-0.2, -0.15) is 0 Å². The number of anilines is 1. The number of halogens is 1. The molecule has 8 heteroatoms. The Balaban J connectivity index is 2.07. The SMILES string of the molecule is COc1ccc(-c2cnc(NC(CC(=O)O)C(=O)O)c3ccccc23)cc1F. The predicted octanol–water partition coefficient (Wildman–Crippen LogP) is 3.39. The number of hydrogen-bond donors (Lipinski definition) is 3. The number of aliphatic carboxylic acids is 2. The summed E-state index contributed by atoms with van der Waals surface area (Å²) < 4.78 is 19.1. The summed E-state index contributed by atoms with van der Waals surface area (Å²) in [6.45, 7) is 0. The number of nitrogens with one attached hydrogen (secondary N) is 1. The number of methoxy groups -OCH3 is 1. The summed E-state index contributed by atoms with van der Waals surface area (Å²) >= 11 is 0. The van der Waals surface area contributed by atoms with Crippen molar-refractivity contribution < 1.29 is 28.9 Å². The van der Waals surface area contributed by atoms with E-state index in [1.165, 1.54) is 25.4 Å². The van der Waals surface area contributed by atoms with Crippen molar-refractivity contribution in [1.82, 2.24) is 4.98 Å². The van der Waals surface area contributed by atoms with E-state index in [-0.39, 0.29) is 11.6 Å². The number of carboxylic acids is 2. The molecule has 0 radical (unpaired) electrons. The minimum absolute atomic E-state index is 0.122. The molecule has 0 bridgehead atoms. The van der Waals surface area contributed by atoms with Gasteiger partial charge in [-0.1, -0.05) is 30.3 Å². The topological polar surface area (TPSA) is 109 Å². The van der Waals surface area contributed by atoms with Gasteiger partial charge in [0.2, 0.25) is 0 Å². The van der Waals surface area contributed by atoms with Crippen LogP contribution < -0.4 is 10.1 Å². The molecule has 0 amide bonds. The molecular formula is C20H17FN2O5. The van der Waals surface area contributed by atoms with Gasteiger partial charge in [-0.3, -0.25) is 4.79 Å². The lowest BCUT2D eigenvalue weighted by atomic mass is 10.00. The van der Waals surface area contributed by atoms with Crippen LogP contribution in [0.25, 0.3) is 21.9 Å². The largest absolute Gasteiger partial charge is 0.494 e. The first-order valence-electron chi connectivity index (χ1n) is 8.33. The lowest BCUT2D eigenvalue weighted by Crippen LogP contribution is -2.32. The highest BCUT2D eigenvalue weighted by Crippen LogP contribution is 2.33. The number of carbonyl (C=O) groups is 2. The van der Waals surface area contributed by atoms with Crippen LogP contribution in [0.4, 0.5) is 10.2 Å². The van der Waals surface area contributed by atoms with Crippen LogP contribution in [0.15, 0.2) is 48.7 Å². The van der Waals surface area contributed by atoms with Crippen molar-refractivity contribution >= 4 is 28.5 Å². The predicted molar refractivity (Wildman–Crippen MR) is 101 cm³/mol. The number of rotatable bonds is 7. The van der Waals surface area contributed by atoms with Crippen LogP contribution in [0.5, 0.6) is 5.75 Å². The maximum atomic E-state index is 14.1. The summed E-state index contributed by atoms with van der Waals surface area (Å²) in [4.78, 5) is 26.5. The van der Waals surface area contributed by atoms with Gasteiger partial charge in [-0.25, -0.2) is 14.2 Å². The quantitative estimate of drug-likeness (QED) is 0.573. The van der Waals surface area contributed by atoms with E-state index >= 15 is 0 Å². The number of hydrogen-bond acceptors (Lipinski definition) is 5. The summed E-state index contributed by atoms with van der Waals surface area (Å²) in [6, 6.07) is 10.3. The van der Waals surface area contributed by atoms with E-state index in [0.717, 1.165) is 0 Å². The van der Waals surface area contributed by atoms with Crippen LogP contribution in [-0.4, -0.2) is 40.3 Å². The second-order valence-corrected chi connectivity index (χ2v) is 6.05. The number of benzene rings is 2. The van der Waals surface area contributed by atoms with Crippen LogP contribution in [0.3, 0.4) is 0 Å². The van der Waals surface area contributed by atoms with Crippen molar-refractivity contribution in [2.75, 3.05) is 12.4 Å². The third-order valence-corrected chi connectivity index (χ3v) is 4.25. The van der Waals surface area contributed by atoms with Gasteiger partial charge < -0.3 is 20.3 Å². The zero-order valence-corrected chi connectivity index (χ0v) is 14.8.